The lowest BCUT2D eigenvalue weighted by molar-refractivity contribution is -0.154. The summed E-state index contributed by atoms with van der Waals surface area (Å²) in [4.78, 5) is 22.7. The van der Waals surface area contributed by atoms with Gasteiger partial charge in [-0.25, -0.2) is 4.57 Å². The number of hydrogen-bond donors (Lipinski definition) is 3. The molecule has 0 spiro atoms. The highest BCUT2D eigenvalue weighted by atomic mass is 31.2. The molecule has 0 fully saturated rings. The summed E-state index contributed by atoms with van der Waals surface area (Å²) in [5.41, 5.74) is 0. The van der Waals surface area contributed by atoms with Crippen LogP contribution in [0.3, 0.4) is 0 Å². The highest BCUT2D eigenvalue weighted by Gasteiger charge is 2.26. The second-order valence-corrected chi connectivity index (χ2v) is 17.9. The Morgan fingerprint density at radius 1 is 0.534 bits per heavy atom. The zero-order chi connectivity index (χ0) is 42.5. The first kappa shape index (κ1) is 56.9. The normalized spacial score (nSPS) is 14.1. The molecule has 10 heteroatoms. The predicted molar refractivity (Wildman–Crippen MR) is 242 cm³/mol. The fourth-order valence-corrected chi connectivity index (χ4v) is 7.71. The van der Waals surface area contributed by atoms with E-state index >= 15 is 0 Å². The lowest BCUT2D eigenvalue weighted by atomic mass is 10.0. The van der Waals surface area contributed by atoms with Gasteiger partial charge in [0.15, 0.2) is 0 Å². The Balaban J connectivity index is 4.08. The summed E-state index contributed by atoms with van der Waals surface area (Å²) in [7, 11) is -4.52. The van der Waals surface area contributed by atoms with Crippen LogP contribution in [0.15, 0.2) is 24.3 Å². The molecule has 0 radical (unpaired) electrons. The first-order valence-corrected chi connectivity index (χ1v) is 25.8. The van der Waals surface area contributed by atoms with Crippen LogP contribution in [-0.4, -0.2) is 66.3 Å². The number of unbranched alkanes of at least 4 members (excludes halogenated alkanes) is 29. The summed E-state index contributed by atoms with van der Waals surface area (Å²) in [6, 6.07) is 0. The van der Waals surface area contributed by atoms with E-state index in [1.54, 1.807) is 0 Å². The molecule has 0 aromatic heterocycles. The molecule has 0 aliphatic carbocycles. The Labute approximate surface area is 357 Å². The van der Waals surface area contributed by atoms with Gasteiger partial charge in [0.2, 0.25) is 0 Å². The summed E-state index contributed by atoms with van der Waals surface area (Å²) in [6.07, 6.45) is 48.5. The van der Waals surface area contributed by atoms with Gasteiger partial charge < -0.3 is 24.6 Å². The number of esters is 1. The monoisotopic (exact) mass is 845 g/mol. The third kappa shape index (κ3) is 44.5. The molecule has 3 atom stereocenters. The van der Waals surface area contributed by atoms with Gasteiger partial charge in [0.1, 0.15) is 12.2 Å². The average Bonchev–Trinajstić information content (AvgIpc) is 3.21. The van der Waals surface area contributed by atoms with Gasteiger partial charge in [-0.1, -0.05) is 205 Å². The predicted octanol–water partition coefficient (Wildman–Crippen LogP) is 13.8. The molecule has 0 bridgehead atoms. The Morgan fingerprint density at radius 3 is 1.41 bits per heavy atom. The number of aliphatic hydroxyl groups excluding tert-OH is 2. The minimum absolute atomic E-state index is 0.0524. The first-order chi connectivity index (χ1) is 28.3. The Bertz CT molecular complexity index is 959. The number of ether oxygens (including phenoxy) is 2. The first-order valence-electron chi connectivity index (χ1n) is 24.3. The van der Waals surface area contributed by atoms with E-state index in [0.717, 1.165) is 38.5 Å². The van der Waals surface area contributed by atoms with Crippen LogP contribution in [0.25, 0.3) is 0 Å². The van der Waals surface area contributed by atoms with E-state index in [1.165, 1.54) is 173 Å². The second kappa shape index (κ2) is 45.5. The van der Waals surface area contributed by atoms with E-state index in [4.69, 9.17) is 23.6 Å². The maximum atomic E-state index is 12.7. The van der Waals surface area contributed by atoms with Crippen LogP contribution < -0.4 is 0 Å². The molecule has 0 rings (SSSR count). The molecule has 0 aromatic rings. The van der Waals surface area contributed by atoms with Crippen LogP contribution in [0.5, 0.6) is 0 Å². The number of carbonyl (C=O) groups is 1. The Hall–Kier alpha value is -1.06. The number of hydrogen-bond acceptors (Lipinski definition) is 8. The Morgan fingerprint density at radius 2 is 0.931 bits per heavy atom. The summed E-state index contributed by atoms with van der Waals surface area (Å²) in [5.74, 6) is -0.383. The van der Waals surface area contributed by atoms with Crippen LogP contribution in [-0.2, 0) is 27.9 Å². The molecular weight excluding hydrogens is 751 g/mol. The molecule has 0 aliphatic heterocycles. The molecule has 3 unspecified atom stereocenters. The molecule has 0 amide bonds. The van der Waals surface area contributed by atoms with Crippen LogP contribution in [0.4, 0.5) is 0 Å². The van der Waals surface area contributed by atoms with Gasteiger partial charge in [0.05, 0.1) is 26.4 Å². The van der Waals surface area contributed by atoms with Gasteiger partial charge >= 0.3 is 13.8 Å². The van der Waals surface area contributed by atoms with Gasteiger partial charge in [0.25, 0.3) is 0 Å². The van der Waals surface area contributed by atoms with E-state index in [-0.39, 0.29) is 25.6 Å². The topological polar surface area (TPSA) is 132 Å². The van der Waals surface area contributed by atoms with Crippen molar-refractivity contribution >= 4 is 13.8 Å². The number of aliphatic hydroxyl groups is 2. The highest BCUT2D eigenvalue weighted by Crippen LogP contribution is 2.43. The van der Waals surface area contributed by atoms with Crippen molar-refractivity contribution in [2.75, 3.05) is 33.0 Å². The van der Waals surface area contributed by atoms with E-state index < -0.39 is 33.2 Å². The number of phosphoric ester groups is 1. The third-order valence-corrected chi connectivity index (χ3v) is 11.6. The maximum absolute atomic E-state index is 12.7. The SMILES string of the molecule is CCCCC/C=C\C/C=C\CCCCCCCCCCCC(=O)OC(COCCCCCCCCCCCCCCCCCCCC)COP(=O)(O)OCC(O)CO. The number of phosphoric acid groups is 1. The maximum Gasteiger partial charge on any atom is 0.472 e. The van der Waals surface area contributed by atoms with Gasteiger partial charge in [-0.15, -0.1) is 0 Å². The van der Waals surface area contributed by atoms with Crippen LogP contribution in [0, 0.1) is 0 Å². The largest absolute Gasteiger partial charge is 0.472 e. The summed E-state index contributed by atoms with van der Waals surface area (Å²) < 4.78 is 33.5. The Kier molecular flexibility index (Phi) is 44.6. The van der Waals surface area contributed by atoms with Crippen molar-refractivity contribution in [1.82, 2.24) is 0 Å². The van der Waals surface area contributed by atoms with E-state index in [9.17, 15) is 19.4 Å². The molecule has 3 N–H and O–H groups in total. The van der Waals surface area contributed by atoms with Crippen LogP contribution in [0.2, 0.25) is 0 Å². The highest BCUT2D eigenvalue weighted by molar-refractivity contribution is 7.47. The van der Waals surface area contributed by atoms with E-state index in [1.807, 2.05) is 0 Å². The number of rotatable bonds is 47. The van der Waals surface area contributed by atoms with Gasteiger partial charge in [0, 0.05) is 13.0 Å². The van der Waals surface area contributed by atoms with E-state index in [0.29, 0.717) is 6.61 Å². The standard InChI is InChI=1S/C48H93O9P/c1-3-5-7-9-11-13-15-17-19-21-23-24-26-28-30-32-34-36-38-40-48(51)57-47(45-56-58(52,53)55-43-46(50)42-49)44-54-41-39-37-35-33-31-29-27-25-22-20-18-16-14-12-10-8-6-4-2/h11,13,17,19,46-47,49-50H,3-10,12,14-16,18,20-45H2,1-2H3,(H,52,53)/b13-11-,19-17-. The van der Waals surface area contributed by atoms with Crippen LogP contribution >= 0.6 is 7.82 Å². The molecule has 0 saturated heterocycles. The summed E-state index contributed by atoms with van der Waals surface area (Å²) in [5, 5.41) is 18.4. The van der Waals surface area contributed by atoms with Gasteiger partial charge in [-0.05, 0) is 44.9 Å². The summed E-state index contributed by atoms with van der Waals surface area (Å²) in [6.45, 7) is 3.54. The van der Waals surface area contributed by atoms with Crippen LogP contribution in [0.1, 0.15) is 232 Å². The molecule has 0 heterocycles. The molecule has 58 heavy (non-hydrogen) atoms. The fourth-order valence-electron chi connectivity index (χ4n) is 6.92. The second-order valence-electron chi connectivity index (χ2n) is 16.5. The van der Waals surface area contributed by atoms with Crippen molar-refractivity contribution in [3.63, 3.8) is 0 Å². The average molecular weight is 845 g/mol. The lowest BCUT2D eigenvalue weighted by Crippen LogP contribution is -2.29. The quantitative estimate of drug-likeness (QED) is 0.0237. The molecule has 0 saturated carbocycles. The lowest BCUT2D eigenvalue weighted by Gasteiger charge is -2.20. The van der Waals surface area contributed by atoms with Crippen molar-refractivity contribution in [2.24, 2.45) is 0 Å². The zero-order valence-corrected chi connectivity index (χ0v) is 38.7. The third-order valence-electron chi connectivity index (χ3n) is 10.6. The van der Waals surface area contributed by atoms with E-state index in [2.05, 4.69) is 38.2 Å². The van der Waals surface area contributed by atoms with Crippen molar-refractivity contribution in [3.8, 4) is 0 Å². The minimum atomic E-state index is -4.52. The number of allylic oxidation sites excluding steroid dienone is 4. The minimum Gasteiger partial charge on any atom is -0.457 e. The molecule has 0 aromatic carbocycles. The van der Waals surface area contributed by atoms with Crippen molar-refractivity contribution < 1.29 is 43.0 Å². The van der Waals surface area contributed by atoms with Gasteiger partial charge in [-0.2, -0.15) is 0 Å². The summed E-state index contributed by atoms with van der Waals surface area (Å²) >= 11 is 0. The molecule has 0 aliphatic rings. The smallest absolute Gasteiger partial charge is 0.457 e. The molecule has 9 nitrogen and oxygen atoms in total. The zero-order valence-electron chi connectivity index (χ0n) is 37.8. The molecular formula is C48H93O9P. The van der Waals surface area contributed by atoms with Crippen molar-refractivity contribution in [2.45, 2.75) is 244 Å². The van der Waals surface area contributed by atoms with Gasteiger partial charge in [-0.3, -0.25) is 13.8 Å². The van der Waals surface area contributed by atoms with Crippen molar-refractivity contribution in [3.05, 3.63) is 24.3 Å². The fraction of sp³-hybridized carbons (Fsp3) is 0.896. The number of carbonyl (C=O) groups excluding carboxylic acids is 1. The van der Waals surface area contributed by atoms with Crippen molar-refractivity contribution in [1.29, 1.82) is 0 Å². The molecule has 344 valence electrons.